The van der Waals surface area contributed by atoms with E-state index >= 15 is 0 Å². The van der Waals surface area contributed by atoms with Gasteiger partial charge in [-0.2, -0.15) is 0 Å². The third kappa shape index (κ3) is 3.59. The molecule has 0 saturated carbocycles. The number of anilines is 2. The SMILES string of the molecule is CCOCCNC(=O)c1sc(N2CCC(N)C2)nc1N. The minimum absolute atomic E-state index is 0.170. The first kappa shape index (κ1) is 15.0. The van der Waals surface area contributed by atoms with Gasteiger partial charge >= 0.3 is 0 Å². The number of amides is 1. The summed E-state index contributed by atoms with van der Waals surface area (Å²) in [4.78, 5) is 18.8. The van der Waals surface area contributed by atoms with Crippen molar-refractivity contribution in [2.75, 3.05) is 43.5 Å². The summed E-state index contributed by atoms with van der Waals surface area (Å²) in [5, 5.41) is 3.54. The lowest BCUT2D eigenvalue weighted by Crippen LogP contribution is -2.27. The first-order valence-corrected chi connectivity index (χ1v) is 7.56. The Morgan fingerprint density at radius 1 is 1.65 bits per heavy atom. The number of nitrogens with two attached hydrogens (primary N) is 2. The molecule has 0 radical (unpaired) electrons. The number of nitrogens with zero attached hydrogens (tertiary/aromatic N) is 2. The summed E-state index contributed by atoms with van der Waals surface area (Å²) in [5.74, 6) is 0.0776. The molecular formula is C12H21N5O2S. The number of hydrogen-bond acceptors (Lipinski definition) is 7. The molecule has 20 heavy (non-hydrogen) atoms. The predicted octanol–water partition coefficient (Wildman–Crippen LogP) is 0.0290. The van der Waals surface area contributed by atoms with Gasteiger partial charge in [-0.3, -0.25) is 4.79 Å². The smallest absolute Gasteiger partial charge is 0.265 e. The van der Waals surface area contributed by atoms with Crippen LogP contribution in [0.15, 0.2) is 0 Å². The van der Waals surface area contributed by atoms with Crippen molar-refractivity contribution in [2.24, 2.45) is 5.73 Å². The van der Waals surface area contributed by atoms with E-state index in [9.17, 15) is 4.79 Å². The molecule has 8 heteroatoms. The van der Waals surface area contributed by atoms with Gasteiger partial charge in [0.1, 0.15) is 10.7 Å². The van der Waals surface area contributed by atoms with Gasteiger partial charge < -0.3 is 26.4 Å². The normalized spacial score (nSPS) is 18.5. The quantitative estimate of drug-likeness (QED) is 0.640. The Bertz CT molecular complexity index is 465. The summed E-state index contributed by atoms with van der Waals surface area (Å²) < 4.78 is 5.17. The first-order valence-electron chi connectivity index (χ1n) is 6.74. The second-order valence-electron chi connectivity index (χ2n) is 4.66. The third-order valence-electron chi connectivity index (χ3n) is 3.08. The fraction of sp³-hybridized carbons (Fsp3) is 0.667. The van der Waals surface area contributed by atoms with Crippen molar-refractivity contribution in [3.05, 3.63) is 4.88 Å². The second-order valence-corrected chi connectivity index (χ2v) is 5.64. The molecule has 1 aliphatic rings. The van der Waals surface area contributed by atoms with Crippen molar-refractivity contribution in [1.29, 1.82) is 0 Å². The Balaban J connectivity index is 1.94. The Hall–Kier alpha value is -1.38. The van der Waals surface area contributed by atoms with Crippen molar-refractivity contribution in [3.8, 4) is 0 Å². The predicted molar refractivity (Wildman–Crippen MR) is 80.2 cm³/mol. The van der Waals surface area contributed by atoms with Gasteiger partial charge in [0, 0.05) is 32.3 Å². The zero-order valence-corrected chi connectivity index (χ0v) is 12.4. The van der Waals surface area contributed by atoms with Gasteiger partial charge in [0.15, 0.2) is 5.13 Å². The highest BCUT2D eigenvalue weighted by atomic mass is 32.1. The zero-order chi connectivity index (χ0) is 14.5. The number of carbonyl (C=O) groups excluding carboxylic acids is 1. The van der Waals surface area contributed by atoms with E-state index in [1.54, 1.807) is 0 Å². The molecule has 0 spiro atoms. The van der Waals surface area contributed by atoms with Crippen LogP contribution in [0.2, 0.25) is 0 Å². The summed E-state index contributed by atoms with van der Waals surface area (Å²) >= 11 is 1.31. The lowest BCUT2D eigenvalue weighted by atomic mass is 10.3. The van der Waals surface area contributed by atoms with E-state index in [1.165, 1.54) is 11.3 Å². The number of nitrogens with one attached hydrogen (secondary N) is 1. The Kier molecular flexibility index (Phi) is 5.16. The molecule has 1 fully saturated rings. The molecule has 7 nitrogen and oxygen atoms in total. The molecule has 1 saturated heterocycles. The van der Waals surface area contributed by atoms with Gasteiger partial charge in [0.2, 0.25) is 0 Å². The lowest BCUT2D eigenvalue weighted by molar-refractivity contribution is 0.0927. The number of carbonyl (C=O) groups is 1. The van der Waals surface area contributed by atoms with Crippen molar-refractivity contribution in [1.82, 2.24) is 10.3 Å². The van der Waals surface area contributed by atoms with E-state index in [1.807, 2.05) is 6.92 Å². The minimum atomic E-state index is -0.200. The van der Waals surface area contributed by atoms with Crippen molar-refractivity contribution in [2.45, 2.75) is 19.4 Å². The van der Waals surface area contributed by atoms with Crippen LogP contribution in [-0.2, 0) is 4.74 Å². The molecule has 0 bridgehead atoms. The van der Waals surface area contributed by atoms with Gasteiger partial charge in [0.25, 0.3) is 5.91 Å². The van der Waals surface area contributed by atoms with Gasteiger partial charge in [0.05, 0.1) is 6.61 Å². The molecule has 0 aromatic carbocycles. The second kappa shape index (κ2) is 6.87. The molecule has 1 aromatic heterocycles. The summed E-state index contributed by atoms with van der Waals surface area (Å²) in [7, 11) is 0. The van der Waals surface area contributed by atoms with E-state index in [4.69, 9.17) is 16.2 Å². The van der Waals surface area contributed by atoms with E-state index in [0.29, 0.717) is 24.6 Å². The van der Waals surface area contributed by atoms with Crippen LogP contribution in [0.4, 0.5) is 10.9 Å². The topological polar surface area (TPSA) is 106 Å². The summed E-state index contributed by atoms with van der Waals surface area (Å²) in [5.41, 5.74) is 11.7. The largest absolute Gasteiger partial charge is 0.382 e. The van der Waals surface area contributed by atoms with E-state index in [2.05, 4.69) is 15.2 Å². The fourth-order valence-electron chi connectivity index (χ4n) is 2.04. The monoisotopic (exact) mass is 299 g/mol. The molecule has 1 aromatic rings. The molecule has 1 unspecified atom stereocenters. The molecule has 1 atom stereocenters. The molecule has 0 aliphatic carbocycles. The number of nitrogen functional groups attached to an aromatic ring is 1. The Morgan fingerprint density at radius 3 is 3.10 bits per heavy atom. The molecule has 2 heterocycles. The van der Waals surface area contributed by atoms with Crippen molar-refractivity contribution in [3.63, 3.8) is 0 Å². The van der Waals surface area contributed by atoms with Crippen LogP contribution < -0.4 is 21.7 Å². The molecule has 112 valence electrons. The standard InChI is InChI=1S/C12H21N5O2S/c1-2-19-6-4-15-11(18)9-10(14)16-12(20-9)17-5-3-8(13)7-17/h8H,2-7,13-14H2,1H3,(H,15,18). The number of thiazole rings is 1. The highest BCUT2D eigenvalue weighted by molar-refractivity contribution is 7.18. The average molecular weight is 299 g/mol. The van der Waals surface area contributed by atoms with Crippen LogP contribution in [0.5, 0.6) is 0 Å². The van der Waals surface area contributed by atoms with E-state index in [-0.39, 0.29) is 17.8 Å². The molecule has 5 N–H and O–H groups in total. The maximum atomic E-state index is 12.0. The molecular weight excluding hydrogens is 278 g/mol. The van der Waals surface area contributed by atoms with Crippen LogP contribution in [0.1, 0.15) is 23.0 Å². The summed E-state index contributed by atoms with van der Waals surface area (Å²) in [6, 6.07) is 0.170. The maximum Gasteiger partial charge on any atom is 0.265 e. The average Bonchev–Trinajstić information content (AvgIpc) is 3.00. The van der Waals surface area contributed by atoms with Gasteiger partial charge in [-0.15, -0.1) is 0 Å². The van der Waals surface area contributed by atoms with Crippen molar-refractivity contribution >= 4 is 28.2 Å². The molecule has 1 aliphatic heterocycles. The zero-order valence-electron chi connectivity index (χ0n) is 11.6. The Morgan fingerprint density at radius 2 is 2.45 bits per heavy atom. The van der Waals surface area contributed by atoms with E-state index < -0.39 is 0 Å². The minimum Gasteiger partial charge on any atom is -0.382 e. The van der Waals surface area contributed by atoms with Crippen LogP contribution in [0, 0.1) is 0 Å². The number of aromatic nitrogens is 1. The highest BCUT2D eigenvalue weighted by Gasteiger charge is 2.24. The van der Waals surface area contributed by atoms with Crippen LogP contribution >= 0.6 is 11.3 Å². The molecule has 1 amide bonds. The lowest BCUT2D eigenvalue weighted by Gasteiger charge is -2.12. The highest BCUT2D eigenvalue weighted by Crippen LogP contribution is 2.29. The fourth-order valence-corrected chi connectivity index (χ4v) is 2.98. The van der Waals surface area contributed by atoms with Crippen LogP contribution in [0.25, 0.3) is 0 Å². The summed E-state index contributed by atoms with van der Waals surface area (Å²) in [6.45, 7) is 5.13. The molecule has 2 rings (SSSR count). The number of ether oxygens (including phenoxy) is 1. The van der Waals surface area contributed by atoms with Crippen LogP contribution in [-0.4, -0.2) is 49.8 Å². The number of hydrogen-bond donors (Lipinski definition) is 3. The van der Waals surface area contributed by atoms with Gasteiger partial charge in [-0.1, -0.05) is 11.3 Å². The van der Waals surface area contributed by atoms with E-state index in [0.717, 1.165) is 24.6 Å². The van der Waals surface area contributed by atoms with Crippen LogP contribution in [0.3, 0.4) is 0 Å². The first-order chi connectivity index (χ1) is 9.61. The van der Waals surface area contributed by atoms with Gasteiger partial charge in [-0.05, 0) is 13.3 Å². The number of rotatable bonds is 6. The van der Waals surface area contributed by atoms with Crippen molar-refractivity contribution < 1.29 is 9.53 Å². The summed E-state index contributed by atoms with van der Waals surface area (Å²) in [6.07, 6.45) is 0.940. The third-order valence-corrected chi connectivity index (χ3v) is 4.21. The Labute approximate surface area is 122 Å². The van der Waals surface area contributed by atoms with Gasteiger partial charge in [-0.25, -0.2) is 4.98 Å². The maximum absolute atomic E-state index is 12.0.